The Bertz CT molecular complexity index is 735. The molecule has 1 saturated carbocycles. The smallest absolute Gasteiger partial charge is 0.257 e. The minimum atomic E-state index is -0.143. The molecule has 2 N–H and O–H groups in total. The fourth-order valence-electron chi connectivity index (χ4n) is 3.65. The maximum atomic E-state index is 13.2. The largest absolute Gasteiger partial charge is 0.491 e. The molecule has 2 amide bonds. The molecule has 2 aliphatic rings. The summed E-state index contributed by atoms with van der Waals surface area (Å²) in [6, 6.07) is 5.42. The summed E-state index contributed by atoms with van der Waals surface area (Å²) in [6.45, 7) is 5.87. The summed E-state index contributed by atoms with van der Waals surface area (Å²) in [5.74, 6) is 0.734. The molecule has 0 aromatic heterocycles. The Morgan fingerprint density at radius 1 is 1.31 bits per heavy atom. The van der Waals surface area contributed by atoms with E-state index in [-0.39, 0.29) is 35.8 Å². The van der Waals surface area contributed by atoms with Crippen LogP contribution in [0.15, 0.2) is 18.2 Å². The van der Waals surface area contributed by atoms with Gasteiger partial charge in [-0.2, -0.15) is 0 Å². The number of benzene rings is 1. The standard InChI is InChI=1S/C22H33N3O4/c1-14-11-23-15(2)13-29-19-9-8-17(24-21(26)16-6-5-7-16)10-18(19)22(27)25(3)12-20(14)28-4/h8-10,14-16,20,23H,5-7,11-13H2,1-4H3,(H,24,26)/t14-,15+,20+/m1/s1. The van der Waals surface area contributed by atoms with Gasteiger partial charge in [0.05, 0.1) is 11.7 Å². The van der Waals surface area contributed by atoms with Crippen LogP contribution in [0.1, 0.15) is 43.5 Å². The lowest BCUT2D eigenvalue weighted by atomic mass is 9.85. The molecule has 0 radical (unpaired) electrons. The molecule has 1 aromatic rings. The summed E-state index contributed by atoms with van der Waals surface area (Å²) in [4.78, 5) is 27.2. The molecule has 0 spiro atoms. The number of rotatable bonds is 3. The number of hydrogen-bond donors (Lipinski definition) is 2. The van der Waals surface area contributed by atoms with Gasteiger partial charge in [0.25, 0.3) is 5.91 Å². The van der Waals surface area contributed by atoms with Crippen LogP contribution in [0.25, 0.3) is 0 Å². The van der Waals surface area contributed by atoms with E-state index in [4.69, 9.17) is 9.47 Å². The van der Waals surface area contributed by atoms with E-state index in [1.807, 2.05) is 0 Å². The van der Waals surface area contributed by atoms with Crippen LogP contribution in [0.5, 0.6) is 5.75 Å². The van der Waals surface area contributed by atoms with Gasteiger partial charge in [0.1, 0.15) is 12.4 Å². The van der Waals surface area contributed by atoms with Crippen LogP contribution in [0.2, 0.25) is 0 Å². The monoisotopic (exact) mass is 403 g/mol. The molecule has 1 fully saturated rings. The molecule has 160 valence electrons. The second-order valence-electron chi connectivity index (χ2n) is 8.39. The minimum Gasteiger partial charge on any atom is -0.491 e. The molecule has 7 heteroatoms. The Morgan fingerprint density at radius 2 is 2.07 bits per heavy atom. The molecular formula is C22H33N3O4. The van der Waals surface area contributed by atoms with Crippen LogP contribution in [-0.4, -0.2) is 62.7 Å². The van der Waals surface area contributed by atoms with Crippen molar-refractivity contribution in [1.29, 1.82) is 0 Å². The first-order chi connectivity index (χ1) is 13.9. The van der Waals surface area contributed by atoms with Gasteiger partial charge in [-0.05, 0) is 43.9 Å². The van der Waals surface area contributed by atoms with Crippen molar-refractivity contribution in [2.75, 3.05) is 39.2 Å². The lowest BCUT2D eigenvalue weighted by Crippen LogP contribution is -2.44. The lowest BCUT2D eigenvalue weighted by molar-refractivity contribution is -0.122. The molecule has 1 aliphatic carbocycles. The van der Waals surface area contributed by atoms with Crippen LogP contribution < -0.4 is 15.4 Å². The Hall–Kier alpha value is -2.12. The number of nitrogens with one attached hydrogen (secondary N) is 2. The molecule has 3 rings (SSSR count). The van der Waals surface area contributed by atoms with E-state index in [2.05, 4.69) is 24.5 Å². The van der Waals surface area contributed by atoms with Crippen LogP contribution in [-0.2, 0) is 9.53 Å². The van der Waals surface area contributed by atoms with Gasteiger partial charge in [0.2, 0.25) is 5.91 Å². The molecular weight excluding hydrogens is 370 g/mol. The predicted octanol–water partition coefficient (Wildman–Crippen LogP) is 2.52. The molecule has 1 aromatic carbocycles. The summed E-state index contributed by atoms with van der Waals surface area (Å²) >= 11 is 0. The second-order valence-corrected chi connectivity index (χ2v) is 8.39. The summed E-state index contributed by atoms with van der Waals surface area (Å²) in [5, 5.41) is 6.42. The van der Waals surface area contributed by atoms with Crippen LogP contribution >= 0.6 is 0 Å². The number of nitrogens with zero attached hydrogens (tertiary/aromatic N) is 1. The molecule has 7 nitrogen and oxygen atoms in total. The van der Waals surface area contributed by atoms with Crippen molar-refractivity contribution >= 4 is 17.5 Å². The van der Waals surface area contributed by atoms with E-state index in [9.17, 15) is 9.59 Å². The number of carbonyl (C=O) groups excluding carboxylic acids is 2. The summed E-state index contributed by atoms with van der Waals surface area (Å²) in [5.41, 5.74) is 1.08. The fraction of sp³-hybridized carbons (Fsp3) is 0.636. The summed E-state index contributed by atoms with van der Waals surface area (Å²) < 4.78 is 11.6. The molecule has 1 aliphatic heterocycles. The van der Waals surface area contributed by atoms with Crippen molar-refractivity contribution in [2.24, 2.45) is 11.8 Å². The number of hydrogen-bond acceptors (Lipinski definition) is 5. The Labute approximate surface area is 173 Å². The molecule has 3 atom stereocenters. The number of methoxy groups -OCH3 is 1. The van der Waals surface area contributed by atoms with Gasteiger partial charge < -0.3 is 25.0 Å². The third-order valence-electron chi connectivity index (χ3n) is 5.97. The van der Waals surface area contributed by atoms with Crippen LogP contribution in [0.4, 0.5) is 5.69 Å². The number of likely N-dealkylation sites (N-methyl/N-ethyl adjacent to an activating group) is 1. The zero-order valence-corrected chi connectivity index (χ0v) is 17.9. The highest BCUT2D eigenvalue weighted by Gasteiger charge is 2.27. The van der Waals surface area contributed by atoms with E-state index in [0.29, 0.717) is 30.2 Å². The average molecular weight is 404 g/mol. The normalized spacial score (nSPS) is 26.4. The van der Waals surface area contributed by atoms with E-state index < -0.39 is 0 Å². The van der Waals surface area contributed by atoms with Gasteiger partial charge in [0.15, 0.2) is 0 Å². The third kappa shape index (κ3) is 5.28. The topological polar surface area (TPSA) is 79.9 Å². The van der Waals surface area contributed by atoms with Crippen molar-refractivity contribution in [2.45, 2.75) is 45.3 Å². The van der Waals surface area contributed by atoms with Gasteiger partial charge >= 0.3 is 0 Å². The zero-order valence-electron chi connectivity index (χ0n) is 17.9. The average Bonchev–Trinajstić information content (AvgIpc) is 2.66. The highest BCUT2D eigenvalue weighted by atomic mass is 16.5. The SMILES string of the molecule is CO[C@H]1CN(C)C(=O)c2cc(NC(=O)C3CCC3)ccc2OC[C@H](C)NC[C@H]1C. The van der Waals surface area contributed by atoms with Crippen molar-refractivity contribution < 1.29 is 19.1 Å². The maximum absolute atomic E-state index is 13.2. The van der Waals surface area contributed by atoms with Crippen LogP contribution in [0.3, 0.4) is 0 Å². The summed E-state index contributed by atoms with van der Waals surface area (Å²) in [7, 11) is 3.45. The highest BCUT2D eigenvalue weighted by Crippen LogP contribution is 2.29. The molecule has 0 bridgehead atoms. The summed E-state index contributed by atoms with van der Waals surface area (Å²) in [6.07, 6.45) is 2.89. The minimum absolute atomic E-state index is 0.0252. The van der Waals surface area contributed by atoms with Gasteiger partial charge in [0, 0.05) is 44.9 Å². The number of amides is 2. The van der Waals surface area contributed by atoms with Crippen molar-refractivity contribution in [3.05, 3.63) is 23.8 Å². The highest BCUT2D eigenvalue weighted by molar-refractivity contribution is 5.99. The third-order valence-corrected chi connectivity index (χ3v) is 5.97. The molecule has 29 heavy (non-hydrogen) atoms. The van der Waals surface area contributed by atoms with E-state index in [1.165, 1.54) is 0 Å². The molecule has 0 saturated heterocycles. The number of ether oxygens (including phenoxy) is 2. The first-order valence-electron chi connectivity index (χ1n) is 10.5. The van der Waals surface area contributed by atoms with Gasteiger partial charge in [-0.3, -0.25) is 9.59 Å². The van der Waals surface area contributed by atoms with E-state index in [0.717, 1.165) is 25.8 Å². The first-order valence-corrected chi connectivity index (χ1v) is 10.5. The Morgan fingerprint density at radius 3 is 2.72 bits per heavy atom. The van der Waals surface area contributed by atoms with Crippen molar-refractivity contribution in [3.8, 4) is 5.75 Å². The number of fused-ring (bicyclic) bond motifs is 1. The zero-order chi connectivity index (χ0) is 21.0. The van der Waals surface area contributed by atoms with Crippen molar-refractivity contribution in [1.82, 2.24) is 10.2 Å². The number of anilines is 1. The quantitative estimate of drug-likeness (QED) is 0.811. The number of carbonyl (C=O) groups is 2. The Balaban J connectivity index is 1.85. The van der Waals surface area contributed by atoms with Gasteiger partial charge in [-0.1, -0.05) is 13.3 Å². The van der Waals surface area contributed by atoms with Gasteiger partial charge in [-0.25, -0.2) is 0 Å². The van der Waals surface area contributed by atoms with E-state index in [1.54, 1.807) is 37.3 Å². The second kappa shape index (κ2) is 9.59. The van der Waals surface area contributed by atoms with Gasteiger partial charge in [-0.15, -0.1) is 0 Å². The first kappa shape index (κ1) is 21.6. The Kier molecular flexibility index (Phi) is 7.14. The molecule has 1 heterocycles. The maximum Gasteiger partial charge on any atom is 0.257 e. The lowest BCUT2D eigenvalue weighted by Gasteiger charge is -2.30. The van der Waals surface area contributed by atoms with E-state index >= 15 is 0 Å². The predicted molar refractivity (Wildman–Crippen MR) is 112 cm³/mol. The van der Waals surface area contributed by atoms with Crippen LogP contribution in [0, 0.1) is 11.8 Å². The fourth-order valence-corrected chi connectivity index (χ4v) is 3.65. The van der Waals surface area contributed by atoms with Crippen molar-refractivity contribution in [3.63, 3.8) is 0 Å². The molecule has 0 unspecified atom stereocenters.